The number of carbonyl (C=O) groups is 2. The van der Waals surface area contributed by atoms with Gasteiger partial charge >= 0.3 is 5.97 Å². The van der Waals surface area contributed by atoms with Crippen LogP contribution in [0.3, 0.4) is 0 Å². The molecular formula is C30H27NO4. The highest BCUT2D eigenvalue weighted by atomic mass is 16.5. The van der Waals surface area contributed by atoms with E-state index in [1.165, 1.54) is 0 Å². The number of carbonyl (C=O) groups excluding carboxylic acids is 1. The maximum Gasteiger partial charge on any atom is 0.336 e. The average Bonchev–Trinajstić information content (AvgIpc) is 2.91. The minimum atomic E-state index is -0.956. The van der Waals surface area contributed by atoms with E-state index in [-0.39, 0.29) is 11.5 Å². The Bertz CT molecular complexity index is 1280. The SMILES string of the molecule is COc1ccc(CCN(Cc2ccc(-c3ccccc3C(=O)O)cc2)C(=O)c2ccccc2)cc1. The van der Waals surface area contributed by atoms with Crippen molar-refractivity contribution in [3.63, 3.8) is 0 Å². The fraction of sp³-hybridized carbons (Fsp3) is 0.133. The molecular weight excluding hydrogens is 438 g/mol. The number of methoxy groups -OCH3 is 1. The maximum absolute atomic E-state index is 13.3. The van der Waals surface area contributed by atoms with Gasteiger partial charge in [-0.25, -0.2) is 4.79 Å². The summed E-state index contributed by atoms with van der Waals surface area (Å²) in [5, 5.41) is 9.50. The van der Waals surface area contributed by atoms with Gasteiger partial charge in [-0.05, 0) is 59.0 Å². The zero-order valence-electron chi connectivity index (χ0n) is 19.6. The Morgan fingerprint density at radius 1 is 0.771 bits per heavy atom. The lowest BCUT2D eigenvalue weighted by molar-refractivity contribution is 0.0696. The quantitative estimate of drug-likeness (QED) is 0.332. The first-order valence-electron chi connectivity index (χ1n) is 11.4. The number of hydrogen-bond acceptors (Lipinski definition) is 3. The van der Waals surface area contributed by atoms with E-state index in [9.17, 15) is 14.7 Å². The standard InChI is InChI=1S/C30H27NO4/c1-35-26-17-13-22(14-18-26)19-20-31(29(32)25-7-3-2-4-8-25)21-23-11-15-24(16-12-23)27-9-5-6-10-28(27)30(33)34/h2-18H,19-21H2,1H3,(H,33,34). The fourth-order valence-corrected chi connectivity index (χ4v) is 4.00. The first kappa shape index (κ1) is 23.8. The summed E-state index contributed by atoms with van der Waals surface area (Å²) in [6.07, 6.45) is 0.715. The summed E-state index contributed by atoms with van der Waals surface area (Å²) < 4.78 is 5.23. The van der Waals surface area contributed by atoms with Crippen LogP contribution in [0.1, 0.15) is 31.8 Å². The van der Waals surface area contributed by atoms with Crippen LogP contribution in [0.2, 0.25) is 0 Å². The van der Waals surface area contributed by atoms with Gasteiger partial charge in [0.05, 0.1) is 12.7 Å². The second-order valence-electron chi connectivity index (χ2n) is 8.24. The Hall–Kier alpha value is -4.38. The number of benzene rings is 4. The molecule has 0 heterocycles. The molecule has 0 aliphatic carbocycles. The van der Waals surface area contributed by atoms with E-state index in [0.717, 1.165) is 22.4 Å². The average molecular weight is 466 g/mol. The van der Waals surface area contributed by atoms with Crippen molar-refractivity contribution in [3.8, 4) is 16.9 Å². The number of carboxylic acids is 1. The van der Waals surface area contributed by atoms with E-state index in [1.807, 2.05) is 89.8 Å². The molecule has 1 N–H and O–H groups in total. The van der Waals surface area contributed by atoms with Crippen molar-refractivity contribution in [1.82, 2.24) is 4.90 Å². The molecule has 4 aromatic carbocycles. The van der Waals surface area contributed by atoms with Crippen LogP contribution < -0.4 is 4.74 Å². The molecule has 5 nitrogen and oxygen atoms in total. The van der Waals surface area contributed by atoms with Gasteiger partial charge in [-0.1, -0.05) is 72.8 Å². The Balaban J connectivity index is 1.54. The van der Waals surface area contributed by atoms with Gasteiger partial charge in [0, 0.05) is 18.7 Å². The van der Waals surface area contributed by atoms with Gasteiger partial charge in [-0.15, -0.1) is 0 Å². The number of aromatic carboxylic acids is 1. The van der Waals surface area contributed by atoms with Crippen LogP contribution in [0, 0.1) is 0 Å². The van der Waals surface area contributed by atoms with E-state index >= 15 is 0 Å². The van der Waals surface area contributed by atoms with Gasteiger partial charge in [0.25, 0.3) is 5.91 Å². The van der Waals surface area contributed by atoms with Gasteiger partial charge in [0.15, 0.2) is 0 Å². The highest BCUT2D eigenvalue weighted by Crippen LogP contribution is 2.25. The van der Waals surface area contributed by atoms with Gasteiger partial charge < -0.3 is 14.7 Å². The van der Waals surface area contributed by atoms with Crippen molar-refractivity contribution in [2.75, 3.05) is 13.7 Å². The van der Waals surface area contributed by atoms with E-state index in [0.29, 0.717) is 30.6 Å². The van der Waals surface area contributed by atoms with E-state index in [4.69, 9.17) is 4.74 Å². The van der Waals surface area contributed by atoms with Gasteiger partial charge in [-0.2, -0.15) is 0 Å². The molecule has 0 spiro atoms. The molecule has 0 atom stereocenters. The molecule has 0 radical (unpaired) electrons. The lowest BCUT2D eigenvalue weighted by Crippen LogP contribution is -2.32. The molecule has 4 rings (SSSR count). The second-order valence-corrected chi connectivity index (χ2v) is 8.24. The van der Waals surface area contributed by atoms with E-state index in [2.05, 4.69) is 0 Å². The van der Waals surface area contributed by atoms with Crippen LogP contribution >= 0.6 is 0 Å². The van der Waals surface area contributed by atoms with E-state index in [1.54, 1.807) is 25.3 Å². The van der Waals surface area contributed by atoms with Crippen LogP contribution in [0.5, 0.6) is 5.75 Å². The molecule has 5 heteroatoms. The van der Waals surface area contributed by atoms with Crippen LogP contribution in [0.25, 0.3) is 11.1 Å². The Kier molecular flexibility index (Phi) is 7.58. The summed E-state index contributed by atoms with van der Waals surface area (Å²) in [5.74, 6) is -0.183. The molecule has 0 saturated carbocycles. The minimum absolute atomic E-state index is 0.0283. The van der Waals surface area contributed by atoms with Crippen molar-refractivity contribution < 1.29 is 19.4 Å². The summed E-state index contributed by atoms with van der Waals surface area (Å²) >= 11 is 0. The Labute approximate surface area is 205 Å². The lowest BCUT2D eigenvalue weighted by atomic mass is 9.98. The third-order valence-electron chi connectivity index (χ3n) is 5.93. The molecule has 35 heavy (non-hydrogen) atoms. The molecule has 0 aliphatic heterocycles. The number of rotatable bonds is 9. The summed E-state index contributed by atoms with van der Waals surface area (Å²) in [6, 6.07) is 31.8. The van der Waals surface area contributed by atoms with Crippen molar-refractivity contribution in [2.45, 2.75) is 13.0 Å². The normalized spacial score (nSPS) is 10.5. The van der Waals surface area contributed by atoms with Crippen molar-refractivity contribution >= 4 is 11.9 Å². The Morgan fingerprint density at radius 3 is 2.06 bits per heavy atom. The topological polar surface area (TPSA) is 66.8 Å². The predicted octanol–water partition coefficient (Wildman–Crippen LogP) is 5.95. The largest absolute Gasteiger partial charge is 0.497 e. The zero-order chi connectivity index (χ0) is 24.6. The van der Waals surface area contributed by atoms with E-state index < -0.39 is 5.97 Å². The number of hydrogen-bond donors (Lipinski definition) is 1. The van der Waals surface area contributed by atoms with Crippen LogP contribution in [-0.2, 0) is 13.0 Å². The van der Waals surface area contributed by atoms with Crippen LogP contribution in [0.4, 0.5) is 0 Å². The zero-order valence-corrected chi connectivity index (χ0v) is 19.6. The second kappa shape index (κ2) is 11.2. The first-order chi connectivity index (χ1) is 17.0. The number of amides is 1. The molecule has 4 aromatic rings. The molecule has 0 aromatic heterocycles. The monoisotopic (exact) mass is 465 g/mol. The van der Waals surface area contributed by atoms with Crippen molar-refractivity contribution in [3.05, 3.63) is 125 Å². The molecule has 0 unspecified atom stereocenters. The fourth-order valence-electron chi connectivity index (χ4n) is 4.00. The molecule has 176 valence electrons. The molecule has 1 amide bonds. The molecule has 0 bridgehead atoms. The summed E-state index contributed by atoms with van der Waals surface area (Å²) in [7, 11) is 1.64. The summed E-state index contributed by atoms with van der Waals surface area (Å²) in [5.41, 5.74) is 4.50. The van der Waals surface area contributed by atoms with Gasteiger partial charge in [-0.3, -0.25) is 4.79 Å². The van der Waals surface area contributed by atoms with Gasteiger partial charge in [0.1, 0.15) is 5.75 Å². The minimum Gasteiger partial charge on any atom is -0.497 e. The molecule has 0 aliphatic rings. The predicted molar refractivity (Wildman–Crippen MR) is 137 cm³/mol. The number of nitrogens with zero attached hydrogens (tertiary/aromatic N) is 1. The maximum atomic E-state index is 13.3. The Morgan fingerprint density at radius 2 is 1.40 bits per heavy atom. The highest BCUT2D eigenvalue weighted by Gasteiger charge is 2.17. The van der Waals surface area contributed by atoms with Gasteiger partial charge in [0.2, 0.25) is 0 Å². The number of carboxylic acid groups (broad SMARTS) is 1. The highest BCUT2D eigenvalue weighted by molar-refractivity contribution is 5.96. The third-order valence-corrected chi connectivity index (χ3v) is 5.93. The smallest absolute Gasteiger partial charge is 0.336 e. The first-order valence-corrected chi connectivity index (χ1v) is 11.4. The molecule has 0 fully saturated rings. The molecule has 0 saturated heterocycles. The number of ether oxygens (including phenoxy) is 1. The van der Waals surface area contributed by atoms with Crippen molar-refractivity contribution in [2.24, 2.45) is 0 Å². The lowest BCUT2D eigenvalue weighted by Gasteiger charge is -2.23. The van der Waals surface area contributed by atoms with Crippen molar-refractivity contribution in [1.29, 1.82) is 0 Å². The third kappa shape index (κ3) is 5.95. The van der Waals surface area contributed by atoms with Crippen LogP contribution in [-0.4, -0.2) is 35.5 Å². The van der Waals surface area contributed by atoms with Crippen LogP contribution in [0.15, 0.2) is 103 Å². The summed E-state index contributed by atoms with van der Waals surface area (Å²) in [4.78, 5) is 26.8. The summed E-state index contributed by atoms with van der Waals surface area (Å²) in [6.45, 7) is 1.01.